The fraction of sp³-hybridized carbons (Fsp3) is 0.488. The number of furan rings is 1. The molecule has 16 heteroatoms. The number of allylic oxidation sites excluding steroid dienone is 1. The van der Waals surface area contributed by atoms with Crippen LogP contribution in [-0.4, -0.2) is 89.7 Å². The van der Waals surface area contributed by atoms with Gasteiger partial charge >= 0.3 is 6.09 Å². The normalized spacial score (nSPS) is 25.3. The second kappa shape index (κ2) is 15.6. The van der Waals surface area contributed by atoms with E-state index in [4.69, 9.17) is 23.9 Å². The third-order valence-corrected chi connectivity index (χ3v) is 13.6. The lowest BCUT2D eigenvalue weighted by Crippen LogP contribution is -2.58. The Bertz CT molecular complexity index is 2440. The van der Waals surface area contributed by atoms with Crippen molar-refractivity contribution in [2.75, 3.05) is 13.7 Å². The van der Waals surface area contributed by atoms with E-state index in [2.05, 4.69) is 36.1 Å². The van der Waals surface area contributed by atoms with E-state index < -0.39 is 68.7 Å². The maximum absolute atomic E-state index is 14.5. The molecule has 4 amide bonds. The molecule has 312 valence electrons. The number of fused-ring (bicyclic) bond motifs is 5. The van der Waals surface area contributed by atoms with Gasteiger partial charge in [-0.25, -0.2) is 18.2 Å². The Morgan fingerprint density at radius 3 is 2.49 bits per heavy atom. The van der Waals surface area contributed by atoms with Crippen LogP contribution in [0.5, 0.6) is 5.88 Å². The molecule has 0 unspecified atom stereocenters. The van der Waals surface area contributed by atoms with Crippen molar-refractivity contribution >= 4 is 55.9 Å². The smallest absolute Gasteiger partial charge is 0.407 e. The quantitative estimate of drug-likeness (QED) is 0.201. The molecule has 1 saturated heterocycles. The molecule has 2 aromatic heterocycles. The first kappa shape index (κ1) is 40.3. The lowest BCUT2D eigenvalue weighted by atomic mass is 9.87. The van der Waals surface area contributed by atoms with Crippen molar-refractivity contribution < 1.29 is 41.5 Å². The number of rotatable bonds is 7. The number of benzene rings is 2. The number of amides is 4. The van der Waals surface area contributed by atoms with Crippen molar-refractivity contribution in [3.8, 4) is 17.3 Å². The van der Waals surface area contributed by atoms with Crippen LogP contribution in [0.1, 0.15) is 84.1 Å². The van der Waals surface area contributed by atoms with Crippen LogP contribution < -0.4 is 20.1 Å². The molecule has 8 rings (SSSR count). The average Bonchev–Trinajstić information content (AvgIpc) is 4.11. The zero-order valence-corrected chi connectivity index (χ0v) is 34.5. The van der Waals surface area contributed by atoms with Crippen molar-refractivity contribution in [1.29, 1.82) is 0 Å². The summed E-state index contributed by atoms with van der Waals surface area (Å²) in [5, 5.41) is 5.66. The van der Waals surface area contributed by atoms with E-state index in [9.17, 15) is 27.6 Å². The van der Waals surface area contributed by atoms with Gasteiger partial charge in [-0.3, -0.25) is 19.1 Å². The monoisotopic (exact) mass is 826 g/mol. The highest BCUT2D eigenvalue weighted by Gasteiger charge is 2.62. The summed E-state index contributed by atoms with van der Waals surface area (Å²) < 4.78 is 45.8. The number of carbonyl (C=O) groups is 4. The number of nitrogens with one attached hydrogen (secondary N) is 3. The number of hydrogen-bond acceptors (Lipinski definition) is 11. The summed E-state index contributed by atoms with van der Waals surface area (Å²) in [4.78, 5) is 66.5. The molecule has 2 aliphatic carbocycles. The van der Waals surface area contributed by atoms with Gasteiger partial charge in [-0.2, -0.15) is 4.98 Å². The first-order chi connectivity index (χ1) is 28.2. The van der Waals surface area contributed by atoms with Gasteiger partial charge in [0.2, 0.25) is 27.4 Å². The number of ether oxygens (including phenoxy) is 2. The van der Waals surface area contributed by atoms with Crippen LogP contribution in [-0.2, 0) is 34.6 Å². The van der Waals surface area contributed by atoms with Crippen LogP contribution >= 0.6 is 0 Å². The minimum atomic E-state index is -3.91. The second-order valence-electron chi connectivity index (χ2n) is 17.1. The first-order valence-electron chi connectivity index (χ1n) is 20.3. The van der Waals surface area contributed by atoms with E-state index in [1.165, 1.54) is 12.0 Å². The molecular weight excluding hydrogens is 777 g/mol. The molecule has 4 aliphatic rings. The van der Waals surface area contributed by atoms with Gasteiger partial charge in [0.1, 0.15) is 34.8 Å². The summed E-state index contributed by atoms with van der Waals surface area (Å²) in [6.45, 7) is 6.33. The summed E-state index contributed by atoms with van der Waals surface area (Å²) in [6.07, 6.45) is 6.44. The zero-order chi connectivity index (χ0) is 41.7. The van der Waals surface area contributed by atoms with Crippen LogP contribution in [0.2, 0.25) is 0 Å². The fourth-order valence-corrected chi connectivity index (χ4v) is 9.46. The van der Waals surface area contributed by atoms with Crippen molar-refractivity contribution in [2.45, 2.75) is 113 Å². The van der Waals surface area contributed by atoms with Crippen molar-refractivity contribution in [3.05, 3.63) is 66.2 Å². The third-order valence-electron chi connectivity index (χ3n) is 11.8. The van der Waals surface area contributed by atoms with Gasteiger partial charge in [0.05, 0.1) is 18.9 Å². The molecule has 2 aliphatic heterocycles. The molecule has 0 radical (unpaired) electrons. The highest BCUT2D eigenvalue weighted by atomic mass is 32.2. The molecule has 2 aromatic carbocycles. The number of aromatic nitrogens is 2. The fourth-order valence-electron chi connectivity index (χ4n) is 8.10. The molecule has 3 fully saturated rings. The number of alkyl carbamates (subject to hydrolysis) is 1. The summed E-state index contributed by atoms with van der Waals surface area (Å²) in [5.41, 5.74) is 1.70. The highest BCUT2D eigenvalue weighted by molar-refractivity contribution is 7.91. The maximum atomic E-state index is 14.5. The van der Waals surface area contributed by atoms with E-state index in [1.54, 1.807) is 0 Å². The number of nitrogens with zero attached hydrogens (tertiary/aromatic N) is 3. The summed E-state index contributed by atoms with van der Waals surface area (Å²) >= 11 is 0. The summed E-state index contributed by atoms with van der Waals surface area (Å²) in [5.74, 6) is -1.90. The van der Waals surface area contributed by atoms with Crippen molar-refractivity contribution in [1.82, 2.24) is 30.2 Å². The maximum Gasteiger partial charge on any atom is 0.407 e. The number of methoxy groups -OCH3 is 1. The van der Waals surface area contributed by atoms with Gasteiger partial charge in [-0.15, -0.1) is 0 Å². The number of para-hydroxylation sites is 1. The zero-order valence-electron chi connectivity index (χ0n) is 33.7. The topological polar surface area (TPSA) is 199 Å². The van der Waals surface area contributed by atoms with Crippen molar-refractivity contribution in [3.63, 3.8) is 0 Å². The average molecular weight is 827 g/mol. The Kier molecular flexibility index (Phi) is 10.6. The first-order valence-corrected chi connectivity index (χ1v) is 21.9. The molecule has 59 heavy (non-hydrogen) atoms. The van der Waals surface area contributed by atoms with Crippen LogP contribution in [0.3, 0.4) is 0 Å². The van der Waals surface area contributed by atoms with E-state index in [0.717, 1.165) is 29.4 Å². The molecule has 2 saturated carbocycles. The minimum absolute atomic E-state index is 0.0115. The Morgan fingerprint density at radius 1 is 1.00 bits per heavy atom. The largest absolute Gasteiger partial charge is 0.470 e. The van der Waals surface area contributed by atoms with E-state index >= 15 is 0 Å². The highest BCUT2D eigenvalue weighted by Crippen LogP contribution is 2.46. The van der Waals surface area contributed by atoms with Crippen LogP contribution in [0.4, 0.5) is 4.79 Å². The number of carbonyl (C=O) groups excluding carboxylic acids is 4. The Balaban J connectivity index is 1.15. The van der Waals surface area contributed by atoms with Gasteiger partial charge in [-0.1, -0.05) is 82.2 Å². The summed E-state index contributed by atoms with van der Waals surface area (Å²) in [7, 11) is -2.70. The SMILES string of the molecule is COC(=O)N[C@H]1CCCCCC=C[C@@H]2C[C@@]2(C(=O)NS(=O)(=O)C2CC2)NC(=O)[C@@H]2C[C@@H](Oc3nc(-c4ccc(C(C)(C)C)cc4)nc4c3oc3ccccc34)CN2C1=O. The minimum Gasteiger partial charge on any atom is -0.470 e. The Labute approximate surface area is 342 Å². The number of hydrogen-bond donors (Lipinski definition) is 3. The standard InChI is InChI=1S/C43H50N6O9S/c1-42(2,3)26-18-16-25(17-19-26)36-45-34-30-13-10-11-15-33(30)58-35(34)38(46-36)57-28-22-32-37(50)47-43(40(52)48-59(54,55)29-20-21-29)23-27(43)12-8-6-5-7-9-14-31(44-41(53)56-4)39(51)49(32)24-28/h8,10-13,15-19,27-29,31-32H,5-7,9,14,20-24H2,1-4H3,(H,44,53)(H,47,50)(H,48,52)/t27-,28-,31+,32+,43-/m1/s1. The number of sulfonamides is 1. The van der Waals surface area contributed by atoms with Crippen LogP contribution in [0.15, 0.2) is 65.1 Å². The van der Waals surface area contributed by atoms with E-state index in [1.807, 2.05) is 60.7 Å². The van der Waals surface area contributed by atoms with Crippen molar-refractivity contribution in [2.24, 2.45) is 5.92 Å². The molecule has 4 heterocycles. The molecule has 5 atom stereocenters. The molecule has 15 nitrogen and oxygen atoms in total. The Hall–Kier alpha value is -5.51. The van der Waals surface area contributed by atoms with Gasteiger partial charge in [0, 0.05) is 23.3 Å². The predicted octanol–water partition coefficient (Wildman–Crippen LogP) is 5.42. The van der Waals surface area contributed by atoms with Crippen LogP contribution in [0, 0.1) is 5.92 Å². The third kappa shape index (κ3) is 8.23. The van der Waals surface area contributed by atoms with E-state index in [-0.39, 0.29) is 30.7 Å². The van der Waals surface area contributed by atoms with Gasteiger partial charge in [0.25, 0.3) is 11.8 Å². The van der Waals surface area contributed by atoms with Gasteiger partial charge in [0.15, 0.2) is 5.82 Å². The summed E-state index contributed by atoms with van der Waals surface area (Å²) in [6, 6.07) is 13.3. The molecule has 0 spiro atoms. The Morgan fingerprint density at radius 2 is 1.76 bits per heavy atom. The van der Waals surface area contributed by atoms with Gasteiger partial charge in [-0.05, 0) is 61.6 Å². The predicted molar refractivity (Wildman–Crippen MR) is 219 cm³/mol. The molecule has 4 aromatic rings. The molecule has 0 bridgehead atoms. The lowest BCUT2D eigenvalue weighted by Gasteiger charge is -2.29. The van der Waals surface area contributed by atoms with E-state index in [0.29, 0.717) is 54.6 Å². The van der Waals surface area contributed by atoms with Crippen LogP contribution in [0.25, 0.3) is 33.5 Å². The second-order valence-corrected chi connectivity index (χ2v) is 19.1. The molecule has 3 N–H and O–H groups in total. The van der Waals surface area contributed by atoms with Gasteiger partial charge < -0.3 is 29.4 Å². The molecular formula is C43H50N6O9S. The lowest BCUT2D eigenvalue weighted by molar-refractivity contribution is -0.141.